The van der Waals surface area contributed by atoms with E-state index in [-0.39, 0.29) is 31.0 Å². The normalized spacial score (nSPS) is 12.2. The Hall–Kier alpha value is -3.85. The number of halogens is 2. The molecular weight excluding hydrogens is 505 g/mol. The molecule has 0 saturated carbocycles. The van der Waals surface area contributed by atoms with Crippen molar-refractivity contribution in [1.29, 1.82) is 0 Å². The Kier molecular flexibility index (Phi) is 9.37. The van der Waals surface area contributed by atoms with Crippen LogP contribution in [-0.2, 0) is 16.1 Å². The molecule has 0 aliphatic carbocycles. The van der Waals surface area contributed by atoms with Gasteiger partial charge in [-0.3, -0.25) is 4.79 Å². The van der Waals surface area contributed by atoms with Gasteiger partial charge in [-0.25, -0.2) is 14.4 Å². The molecule has 4 rings (SSSR count). The van der Waals surface area contributed by atoms with Gasteiger partial charge in [0.1, 0.15) is 18.0 Å². The van der Waals surface area contributed by atoms with E-state index in [2.05, 4.69) is 20.6 Å². The molecule has 0 aliphatic rings. The second-order valence-corrected chi connectivity index (χ2v) is 9.44. The van der Waals surface area contributed by atoms with Gasteiger partial charge in [0.15, 0.2) is 0 Å². The number of carbonyl (C=O) groups is 1. The molecular formula is C29H29ClFN5O2. The van der Waals surface area contributed by atoms with Crippen molar-refractivity contribution >= 4 is 39.9 Å². The summed E-state index contributed by atoms with van der Waals surface area (Å²) in [4.78, 5) is 23.2. The van der Waals surface area contributed by atoms with Crippen LogP contribution in [0.3, 0.4) is 0 Å². The Morgan fingerprint density at radius 2 is 1.92 bits per heavy atom. The number of hydrogen-bond donors (Lipinski definition) is 2. The van der Waals surface area contributed by atoms with Crippen molar-refractivity contribution in [3.63, 3.8) is 0 Å². The SMILES string of the molecule is CN(C)CC=CC(=O)Nc1ccc2ncnc(N[C@H](COCc3cccc(F)c3)c3ccc(Cl)cc3)c2c1. The Morgan fingerprint density at radius 3 is 2.68 bits per heavy atom. The zero-order chi connectivity index (χ0) is 26.9. The average molecular weight is 534 g/mol. The number of nitrogens with one attached hydrogen (secondary N) is 2. The van der Waals surface area contributed by atoms with E-state index in [1.54, 1.807) is 18.2 Å². The largest absolute Gasteiger partial charge is 0.374 e. The first-order valence-electron chi connectivity index (χ1n) is 12.1. The van der Waals surface area contributed by atoms with Gasteiger partial charge in [-0.2, -0.15) is 0 Å². The Morgan fingerprint density at radius 1 is 1.11 bits per heavy atom. The molecule has 3 aromatic carbocycles. The molecule has 1 atom stereocenters. The van der Waals surface area contributed by atoms with Gasteiger partial charge in [0, 0.05) is 28.7 Å². The highest BCUT2D eigenvalue weighted by atomic mass is 35.5. The molecule has 38 heavy (non-hydrogen) atoms. The Balaban J connectivity index is 1.54. The lowest BCUT2D eigenvalue weighted by Crippen LogP contribution is -2.18. The summed E-state index contributed by atoms with van der Waals surface area (Å²) in [6.07, 6.45) is 4.80. The molecule has 1 amide bonds. The lowest BCUT2D eigenvalue weighted by atomic mass is 10.1. The summed E-state index contributed by atoms with van der Waals surface area (Å²) in [6, 6.07) is 19.0. The number of hydrogen-bond acceptors (Lipinski definition) is 6. The van der Waals surface area contributed by atoms with Gasteiger partial charge in [-0.15, -0.1) is 0 Å². The van der Waals surface area contributed by atoms with Crippen LogP contribution in [0.1, 0.15) is 17.2 Å². The fourth-order valence-electron chi connectivity index (χ4n) is 3.81. The summed E-state index contributed by atoms with van der Waals surface area (Å²) in [7, 11) is 3.87. The van der Waals surface area contributed by atoms with Crippen molar-refractivity contribution in [2.24, 2.45) is 0 Å². The van der Waals surface area contributed by atoms with Gasteiger partial charge in [-0.05, 0) is 67.7 Å². The maximum atomic E-state index is 13.6. The third-order valence-electron chi connectivity index (χ3n) is 5.67. The monoisotopic (exact) mass is 533 g/mol. The van der Waals surface area contributed by atoms with Crippen LogP contribution in [0.5, 0.6) is 0 Å². The van der Waals surface area contributed by atoms with E-state index in [9.17, 15) is 9.18 Å². The third-order valence-corrected chi connectivity index (χ3v) is 5.92. The second kappa shape index (κ2) is 13.1. The molecule has 0 fully saturated rings. The van der Waals surface area contributed by atoms with Crippen molar-refractivity contribution in [2.45, 2.75) is 12.6 Å². The highest BCUT2D eigenvalue weighted by Gasteiger charge is 2.16. The minimum absolute atomic E-state index is 0.220. The number of benzene rings is 3. The summed E-state index contributed by atoms with van der Waals surface area (Å²) >= 11 is 6.11. The van der Waals surface area contributed by atoms with Gasteiger partial charge < -0.3 is 20.3 Å². The second-order valence-electron chi connectivity index (χ2n) is 9.00. The van der Waals surface area contributed by atoms with E-state index in [4.69, 9.17) is 16.3 Å². The zero-order valence-corrected chi connectivity index (χ0v) is 22.0. The van der Waals surface area contributed by atoms with Gasteiger partial charge in [0.05, 0.1) is 24.8 Å². The number of likely N-dealkylation sites (N-methyl/N-ethyl adjacent to an activating group) is 1. The molecule has 1 heterocycles. The average Bonchev–Trinajstić information content (AvgIpc) is 2.89. The van der Waals surface area contributed by atoms with Crippen molar-refractivity contribution in [3.05, 3.63) is 107 Å². The van der Waals surface area contributed by atoms with E-state index in [0.29, 0.717) is 23.1 Å². The zero-order valence-electron chi connectivity index (χ0n) is 21.2. The number of fused-ring (bicyclic) bond motifs is 1. The topological polar surface area (TPSA) is 79.4 Å². The first-order chi connectivity index (χ1) is 18.4. The molecule has 7 nitrogen and oxygen atoms in total. The molecule has 0 radical (unpaired) electrons. The van der Waals surface area contributed by atoms with Crippen LogP contribution >= 0.6 is 11.6 Å². The first kappa shape index (κ1) is 27.2. The summed E-state index contributed by atoms with van der Waals surface area (Å²) in [5.74, 6) is 0.0629. The van der Waals surface area contributed by atoms with Crippen LogP contribution in [0.15, 0.2) is 85.2 Å². The van der Waals surface area contributed by atoms with Crippen LogP contribution < -0.4 is 10.6 Å². The predicted octanol–water partition coefficient (Wildman–Crippen LogP) is 5.85. The molecule has 0 unspecified atom stereocenters. The van der Waals surface area contributed by atoms with Crippen molar-refractivity contribution in [3.8, 4) is 0 Å². The van der Waals surface area contributed by atoms with Gasteiger partial charge in [0.2, 0.25) is 5.91 Å². The number of nitrogens with zero attached hydrogens (tertiary/aromatic N) is 3. The maximum absolute atomic E-state index is 13.6. The van der Waals surface area contributed by atoms with Crippen LogP contribution in [0.2, 0.25) is 5.02 Å². The summed E-state index contributed by atoms with van der Waals surface area (Å²) < 4.78 is 19.5. The van der Waals surface area contributed by atoms with Crippen molar-refractivity contribution in [2.75, 3.05) is 37.9 Å². The Labute approximate surface area is 226 Å². The quantitative estimate of drug-likeness (QED) is 0.235. The number of aromatic nitrogens is 2. The van der Waals surface area contributed by atoms with Crippen LogP contribution in [-0.4, -0.2) is 48.0 Å². The minimum atomic E-state index is -0.304. The van der Waals surface area contributed by atoms with E-state index >= 15 is 0 Å². The molecule has 2 N–H and O–H groups in total. The van der Waals surface area contributed by atoms with Crippen LogP contribution in [0, 0.1) is 5.82 Å². The van der Waals surface area contributed by atoms with E-state index in [1.165, 1.54) is 24.5 Å². The van der Waals surface area contributed by atoms with Gasteiger partial charge in [0.25, 0.3) is 0 Å². The smallest absolute Gasteiger partial charge is 0.248 e. The molecule has 196 valence electrons. The van der Waals surface area contributed by atoms with Gasteiger partial charge in [-0.1, -0.05) is 41.9 Å². The highest BCUT2D eigenvalue weighted by molar-refractivity contribution is 6.30. The first-order valence-corrected chi connectivity index (χ1v) is 12.5. The summed E-state index contributed by atoms with van der Waals surface area (Å²) in [6.45, 7) is 1.21. The highest BCUT2D eigenvalue weighted by Crippen LogP contribution is 2.28. The molecule has 0 aliphatic heterocycles. The lowest BCUT2D eigenvalue weighted by molar-refractivity contribution is -0.111. The fourth-order valence-corrected chi connectivity index (χ4v) is 3.93. The van der Waals surface area contributed by atoms with Crippen LogP contribution in [0.4, 0.5) is 15.9 Å². The number of anilines is 2. The van der Waals surface area contributed by atoms with E-state index in [1.807, 2.05) is 61.5 Å². The fraction of sp³-hybridized carbons (Fsp3) is 0.207. The van der Waals surface area contributed by atoms with Crippen molar-refractivity contribution in [1.82, 2.24) is 14.9 Å². The van der Waals surface area contributed by atoms with Crippen LogP contribution in [0.25, 0.3) is 10.9 Å². The Bertz CT molecular complexity index is 1410. The third kappa shape index (κ3) is 7.82. The molecule has 1 aromatic heterocycles. The molecule has 0 spiro atoms. The summed E-state index contributed by atoms with van der Waals surface area (Å²) in [5.41, 5.74) is 3.03. The number of carbonyl (C=O) groups excluding carboxylic acids is 1. The molecule has 9 heteroatoms. The van der Waals surface area contributed by atoms with E-state index < -0.39 is 0 Å². The molecule has 0 saturated heterocycles. The maximum Gasteiger partial charge on any atom is 0.248 e. The number of amides is 1. The number of rotatable bonds is 11. The molecule has 0 bridgehead atoms. The molecule has 4 aromatic rings. The van der Waals surface area contributed by atoms with E-state index in [0.717, 1.165) is 22.0 Å². The van der Waals surface area contributed by atoms with Gasteiger partial charge >= 0.3 is 0 Å². The number of ether oxygens (including phenoxy) is 1. The predicted molar refractivity (Wildman–Crippen MR) is 150 cm³/mol. The minimum Gasteiger partial charge on any atom is -0.374 e. The lowest BCUT2D eigenvalue weighted by Gasteiger charge is -2.21. The van der Waals surface area contributed by atoms with Crippen molar-refractivity contribution < 1.29 is 13.9 Å². The standard InChI is InChI=1S/C29H29ClFN5O2/c1-36(2)14-4-7-28(37)34-24-12-13-26-25(16-24)29(33-19-32-26)35-27(21-8-10-22(30)11-9-21)18-38-17-20-5-3-6-23(31)15-20/h3-13,15-16,19,27H,14,17-18H2,1-2H3,(H,34,37)(H,32,33,35)/t27-/m1/s1. The summed E-state index contributed by atoms with van der Waals surface area (Å²) in [5, 5.41) is 7.71.